The summed E-state index contributed by atoms with van der Waals surface area (Å²) in [4.78, 5) is 10.4. The van der Waals surface area contributed by atoms with Crippen LogP contribution in [0.25, 0.3) is 0 Å². The standard InChI is InChI=1S/C14H22N2O4/c1-13(2,14(3,4)17)15-9-10-8-11(16(18)19)6-7-12(10)20-5/h6-8,15,17H,9H2,1-5H3. The van der Waals surface area contributed by atoms with Gasteiger partial charge in [0.05, 0.1) is 17.6 Å². The van der Waals surface area contributed by atoms with Crippen molar-refractivity contribution in [3.63, 3.8) is 0 Å². The van der Waals surface area contributed by atoms with E-state index in [0.29, 0.717) is 17.9 Å². The molecule has 0 aliphatic carbocycles. The molecule has 0 amide bonds. The van der Waals surface area contributed by atoms with Crippen molar-refractivity contribution < 1.29 is 14.8 Å². The Morgan fingerprint density at radius 3 is 2.40 bits per heavy atom. The summed E-state index contributed by atoms with van der Waals surface area (Å²) >= 11 is 0. The Labute approximate surface area is 118 Å². The van der Waals surface area contributed by atoms with Crippen LogP contribution < -0.4 is 10.1 Å². The SMILES string of the molecule is COc1ccc([N+](=O)[O-])cc1CNC(C)(C)C(C)(C)O. The van der Waals surface area contributed by atoms with E-state index in [0.717, 1.165) is 0 Å². The maximum absolute atomic E-state index is 10.8. The summed E-state index contributed by atoms with van der Waals surface area (Å²) in [5, 5.41) is 24.1. The zero-order valence-electron chi connectivity index (χ0n) is 12.6. The van der Waals surface area contributed by atoms with Crippen LogP contribution in [-0.2, 0) is 6.54 Å². The number of benzene rings is 1. The lowest BCUT2D eigenvalue weighted by Gasteiger charge is -2.38. The largest absolute Gasteiger partial charge is 0.496 e. The van der Waals surface area contributed by atoms with Gasteiger partial charge in [0.2, 0.25) is 0 Å². The van der Waals surface area contributed by atoms with Crippen LogP contribution in [0.1, 0.15) is 33.3 Å². The number of nitrogens with one attached hydrogen (secondary N) is 1. The molecule has 0 aliphatic rings. The van der Waals surface area contributed by atoms with Crippen molar-refractivity contribution in [1.82, 2.24) is 5.32 Å². The summed E-state index contributed by atoms with van der Waals surface area (Å²) in [5.41, 5.74) is -0.786. The second-order valence-corrected chi connectivity index (χ2v) is 5.79. The van der Waals surface area contributed by atoms with E-state index in [-0.39, 0.29) is 5.69 Å². The highest BCUT2D eigenvalue weighted by atomic mass is 16.6. The van der Waals surface area contributed by atoms with E-state index in [9.17, 15) is 15.2 Å². The topological polar surface area (TPSA) is 84.6 Å². The second-order valence-electron chi connectivity index (χ2n) is 5.79. The monoisotopic (exact) mass is 282 g/mol. The molecule has 1 aromatic carbocycles. The minimum atomic E-state index is -0.930. The molecule has 112 valence electrons. The van der Waals surface area contributed by atoms with E-state index >= 15 is 0 Å². The number of nitro groups is 1. The highest BCUT2D eigenvalue weighted by Crippen LogP contribution is 2.26. The molecule has 0 saturated heterocycles. The van der Waals surface area contributed by atoms with Gasteiger partial charge in [-0.15, -0.1) is 0 Å². The fourth-order valence-electron chi connectivity index (χ4n) is 1.55. The van der Waals surface area contributed by atoms with Gasteiger partial charge in [0, 0.05) is 29.8 Å². The predicted octanol–water partition coefficient (Wildman–Crippen LogP) is 2.24. The maximum atomic E-state index is 10.8. The lowest BCUT2D eigenvalue weighted by atomic mass is 9.86. The molecule has 0 aliphatic heterocycles. The third kappa shape index (κ3) is 3.68. The van der Waals surface area contributed by atoms with Crippen molar-refractivity contribution in [3.05, 3.63) is 33.9 Å². The first-order chi connectivity index (χ1) is 9.08. The Hall–Kier alpha value is -1.66. The maximum Gasteiger partial charge on any atom is 0.270 e. The van der Waals surface area contributed by atoms with Gasteiger partial charge in [0.25, 0.3) is 5.69 Å². The van der Waals surface area contributed by atoms with E-state index in [1.165, 1.54) is 19.2 Å². The van der Waals surface area contributed by atoms with Gasteiger partial charge < -0.3 is 15.2 Å². The molecule has 0 heterocycles. The first kappa shape index (κ1) is 16.4. The number of non-ortho nitro benzene ring substituents is 1. The lowest BCUT2D eigenvalue weighted by Crippen LogP contribution is -2.55. The molecule has 1 rings (SSSR count). The predicted molar refractivity (Wildman–Crippen MR) is 76.9 cm³/mol. The molecule has 0 fully saturated rings. The Morgan fingerprint density at radius 1 is 1.35 bits per heavy atom. The summed E-state index contributed by atoms with van der Waals surface area (Å²) in [5.74, 6) is 0.578. The van der Waals surface area contributed by atoms with Gasteiger partial charge in [-0.25, -0.2) is 0 Å². The molecule has 0 atom stereocenters. The van der Waals surface area contributed by atoms with E-state index in [4.69, 9.17) is 4.74 Å². The number of nitro benzene ring substituents is 1. The minimum Gasteiger partial charge on any atom is -0.496 e. The van der Waals surface area contributed by atoms with Gasteiger partial charge in [-0.3, -0.25) is 10.1 Å². The lowest BCUT2D eigenvalue weighted by molar-refractivity contribution is -0.384. The molecule has 6 heteroatoms. The third-order valence-corrected chi connectivity index (χ3v) is 3.73. The molecular weight excluding hydrogens is 260 g/mol. The number of methoxy groups -OCH3 is 1. The molecule has 0 unspecified atom stereocenters. The van der Waals surface area contributed by atoms with Crippen molar-refractivity contribution in [2.45, 2.75) is 45.4 Å². The van der Waals surface area contributed by atoms with Crippen LogP contribution in [0.4, 0.5) is 5.69 Å². The van der Waals surface area contributed by atoms with Crippen molar-refractivity contribution >= 4 is 5.69 Å². The van der Waals surface area contributed by atoms with Crippen molar-refractivity contribution in [3.8, 4) is 5.75 Å². The van der Waals surface area contributed by atoms with Gasteiger partial charge in [0.1, 0.15) is 5.75 Å². The second kappa shape index (κ2) is 5.76. The number of nitrogens with zero attached hydrogens (tertiary/aromatic N) is 1. The van der Waals surface area contributed by atoms with Crippen LogP contribution in [0.3, 0.4) is 0 Å². The van der Waals surface area contributed by atoms with E-state index < -0.39 is 16.1 Å². The minimum absolute atomic E-state index is 0.0173. The smallest absolute Gasteiger partial charge is 0.270 e. The quantitative estimate of drug-likeness (QED) is 0.617. The van der Waals surface area contributed by atoms with Gasteiger partial charge in [-0.2, -0.15) is 0 Å². The zero-order chi connectivity index (χ0) is 15.6. The van der Waals surface area contributed by atoms with Crippen molar-refractivity contribution in [2.75, 3.05) is 7.11 Å². The summed E-state index contributed by atoms with van der Waals surface area (Å²) in [6.45, 7) is 7.53. The van der Waals surface area contributed by atoms with E-state index in [1.54, 1.807) is 19.9 Å². The van der Waals surface area contributed by atoms with Crippen LogP contribution in [0.2, 0.25) is 0 Å². The van der Waals surface area contributed by atoms with Crippen molar-refractivity contribution in [1.29, 1.82) is 0 Å². The molecule has 0 saturated carbocycles. The molecule has 0 aromatic heterocycles. The van der Waals surface area contributed by atoms with Crippen LogP contribution in [0, 0.1) is 10.1 Å². The van der Waals surface area contributed by atoms with Crippen LogP contribution in [0.5, 0.6) is 5.75 Å². The average Bonchev–Trinajstić information content (AvgIpc) is 2.34. The fraction of sp³-hybridized carbons (Fsp3) is 0.571. The van der Waals surface area contributed by atoms with Gasteiger partial charge in [-0.05, 0) is 33.8 Å². The Kier molecular flexibility index (Phi) is 4.73. The Bertz CT molecular complexity index is 492. The molecule has 20 heavy (non-hydrogen) atoms. The average molecular weight is 282 g/mol. The van der Waals surface area contributed by atoms with Gasteiger partial charge >= 0.3 is 0 Å². The number of rotatable bonds is 6. The molecule has 2 N–H and O–H groups in total. The summed E-state index contributed by atoms with van der Waals surface area (Å²) < 4.78 is 5.21. The molecule has 1 aromatic rings. The molecule has 0 radical (unpaired) electrons. The van der Waals surface area contributed by atoms with Crippen LogP contribution >= 0.6 is 0 Å². The summed E-state index contributed by atoms with van der Waals surface area (Å²) in [7, 11) is 1.52. The van der Waals surface area contributed by atoms with Gasteiger partial charge in [-0.1, -0.05) is 0 Å². The fourth-order valence-corrected chi connectivity index (χ4v) is 1.55. The highest BCUT2D eigenvalue weighted by Gasteiger charge is 2.34. The Balaban J connectivity index is 2.97. The first-order valence-corrected chi connectivity index (χ1v) is 6.37. The van der Waals surface area contributed by atoms with E-state index in [1.807, 2.05) is 13.8 Å². The summed E-state index contributed by atoms with van der Waals surface area (Å²) in [6, 6.07) is 4.46. The normalized spacial score (nSPS) is 12.3. The van der Waals surface area contributed by atoms with Gasteiger partial charge in [0.15, 0.2) is 0 Å². The number of ether oxygens (including phenoxy) is 1. The summed E-state index contributed by atoms with van der Waals surface area (Å²) in [6.07, 6.45) is 0. The van der Waals surface area contributed by atoms with Crippen LogP contribution in [0.15, 0.2) is 18.2 Å². The molecule has 0 spiro atoms. The van der Waals surface area contributed by atoms with Crippen LogP contribution in [-0.4, -0.2) is 28.3 Å². The highest BCUT2D eigenvalue weighted by molar-refractivity contribution is 5.43. The number of hydrogen-bond acceptors (Lipinski definition) is 5. The number of aliphatic hydroxyl groups is 1. The zero-order valence-corrected chi connectivity index (χ0v) is 12.6. The van der Waals surface area contributed by atoms with Crippen molar-refractivity contribution in [2.24, 2.45) is 0 Å². The molecule has 6 nitrogen and oxygen atoms in total. The molecule has 0 bridgehead atoms. The Morgan fingerprint density at radius 2 is 1.95 bits per heavy atom. The van der Waals surface area contributed by atoms with E-state index in [2.05, 4.69) is 5.32 Å². The first-order valence-electron chi connectivity index (χ1n) is 6.37. The number of hydrogen-bond donors (Lipinski definition) is 2. The third-order valence-electron chi connectivity index (χ3n) is 3.73. The molecular formula is C14H22N2O4.